The first-order valence-electron chi connectivity index (χ1n) is 6.38. The topological polar surface area (TPSA) is 39.7 Å². The minimum atomic E-state index is 0.0229. The van der Waals surface area contributed by atoms with E-state index in [0.29, 0.717) is 17.2 Å². The van der Waals surface area contributed by atoms with Gasteiger partial charge in [-0.2, -0.15) is 0 Å². The predicted octanol–water partition coefficient (Wildman–Crippen LogP) is 2.94. The summed E-state index contributed by atoms with van der Waals surface area (Å²) in [4.78, 5) is 0. The van der Waals surface area contributed by atoms with Crippen molar-refractivity contribution in [1.82, 2.24) is 5.32 Å². The molecule has 1 aromatic carbocycles. The van der Waals surface area contributed by atoms with Crippen molar-refractivity contribution in [1.29, 1.82) is 0 Å². The van der Waals surface area contributed by atoms with Crippen LogP contribution < -0.4 is 19.5 Å². The Hall–Kier alpha value is -1.68. The van der Waals surface area contributed by atoms with Crippen LogP contribution in [0.15, 0.2) is 24.8 Å². The fourth-order valence-corrected chi connectivity index (χ4v) is 1.99. The first kappa shape index (κ1) is 15.4. The molecule has 4 nitrogen and oxygen atoms in total. The van der Waals surface area contributed by atoms with Crippen LogP contribution in [0.4, 0.5) is 0 Å². The number of hydrogen-bond acceptors (Lipinski definition) is 4. The fraction of sp³-hybridized carbons (Fsp3) is 0.467. The van der Waals surface area contributed by atoms with Crippen LogP contribution in [0.2, 0.25) is 0 Å². The van der Waals surface area contributed by atoms with Gasteiger partial charge in [0.1, 0.15) is 0 Å². The summed E-state index contributed by atoms with van der Waals surface area (Å²) in [5.41, 5.74) is 0.989. The fourth-order valence-electron chi connectivity index (χ4n) is 1.99. The Morgan fingerprint density at radius 2 is 1.84 bits per heavy atom. The summed E-state index contributed by atoms with van der Waals surface area (Å²) in [5.74, 6) is 1.93. The molecule has 0 bridgehead atoms. The molecule has 0 saturated heterocycles. The summed E-state index contributed by atoms with van der Waals surface area (Å²) < 4.78 is 16.1. The summed E-state index contributed by atoms with van der Waals surface area (Å²) in [6.07, 6.45) is 2.92. The average molecular weight is 265 g/mol. The van der Waals surface area contributed by atoms with Gasteiger partial charge in [0.25, 0.3) is 0 Å². The molecule has 0 amide bonds. The molecule has 1 N–H and O–H groups in total. The van der Waals surface area contributed by atoms with Crippen molar-refractivity contribution in [3.8, 4) is 17.2 Å². The Morgan fingerprint density at radius 1 is 1.16 bits per heavy atom. The molecule has 0 spiro atoms. The van der Waals surface area contributed by atoms with Crippen molar-refractivity contribution in [2.24, 2.45) is 0 Å². The van der Waals surface area contributed by atoms with Gasteiger partial charge in [-0.05, 0) is 25.1 Å². The van der Waals surface area contributed by atoms with Gasteiger partial charge in [-0.25, -0.2) is 0 Å². The first-order chi connectivity index (χ1) is 9.23. The quantitative estimate of drug-likeness (QED) is 0.734. The maximum absolute atomic E-state index is 5.48. The van der Waals surface area contributed by atoms with Gasteiger partial charge in [-0.15, -0.1) is 6.58 Å². The highest BCUT2D eigenvalue weighted by atomic mass is 16.5. The zero-order valence-corrected chi connectivity index (χ0v) is 12.2. The van der Waals surface area contributed by atoms with Crippen LogP contribution in [0, 0.1) is 0 Å². The van der Waals surface area contributed by atoms with Crippen LogP contribution in [0.3, 0.4) is 0 Å². The monoisotopic (exact) mass is 265 g/mol. The van der Waals surface area contributed by atoms with Crippen molar-refractivity contribution in [2.75, 3.05) is 27.9 Å². The van der Waals surface area contributed by atoms with E-state index in [2.05, 4.69) is 18.8 Å². The summed E-state index contributed by atoms with van der Waals surface area (Å²) in [6, 6.07) is 3.87. The lowest BCUT2D eigenvalue weighted by molar-refractivity contribution is 0.320. The number of ether oxygens (including phenoxy) is 3. The van der Waals surface area contributed by atoms with Crippen LogP contribution in [0.1, 0.15) is 24.9 Å². The second-order valence-corrected chi connectivity index (χ2v) is 4.09. The maximum atomic E-state index is 5.48. The van der Waals surface area contributed by atoms with E-state index in [4.69, 9.17) is 14.2 Å². The minimum absolute atomic E-state index is 0.0229. The van der Waals surface area contributed by atoms with E-state index in [1.165, 1.54) is 0 Å². The number of rotatable bonds is 8. The van der Waals surface area contributed by atoms with Crippen LogP contribution >= 0.6 is 0 Å². The molecule has 0 aromatic heterocycles. The molecule has 0 aliphatic rings. The van der Waals surface area contributed by atoms with E-state index in [9.17, 15) is 0 Å². The van der Waals surface area contributed by atoms with E-state index >= 15 is 0 Å². The van der Waals surface area contributed by atoms with Gasteiger partial charge in [0, 0.05) is 5.56 Å². The highest BCUT2D eigenvalue weighted by Gasteiger charge is 2.20. The van der Waals surface area contributed by atoms with Crippen molar-refractivity contribution in [2.45, 2.75) is 19.4 Å². The zero-order valence-electron chi connectivity index (χ0n) is 12.2. The van der Waals surface area contributed by atoms with E-state index in [1.807, 2.05) is 18.2 Å². The number of methoxy groups -OCH3 is 3. The molecule has 1 aromatic rings. The second-order valence-electron chi connectivity index (χ2n) is 4.09. The molecule has 106 valence electrons. The molecule has 0 aliphatic carbocycles. The van der Waals surface area contributed by atoms with Gasteiger partial charge in [-0.1, -0.05) is 13.0 Å². The number of nitrogens with one attached hydrogen (secondary N) is 1. The molecular weight excluding hydrogens is 242 g/mol. The van der Waals surface area contributed by atoms with Crippen LogP contribution in [-0.4, -0.2) is 27.9 Å². The number of benzene rings is 1. The van der Waals surface area contributed by atoms with E-state index in [0.717, 1.165) is 18.5 Å². The van der Waals surface area contributed by atoms with Gasteiger partial charge in [0.15, 0.2) is 11.5 Å². The number of hydrogen-bond donors (Lipinski definition) is 1. The predicted molar refractivity (Wildman–Crippen MR) is 77.3 cm³/mol. The Bertz CT molecular complexity index is 418. The van der Waals surface area contributed by atoms with Crippen molar-refractivity contribution in [3.63, 3.8) is 0 Å². The van der Waals surface area contributed by atoms with Crippen LogP contribution in [-0.2, 0) is 0 Å². The molecule has 1 rings (SSSR count). The van der Waals surface area contributed by atoms with E-state index in [-0.39, 0.29) is 6.04 Å². The van der Waals surface area contributed by atoms with E-state index in [1.54, 1.807) is 21.3 Å². The summed E-state index contributed by atoms with van der Waals surface area (Å²) in [7, 11) is 4.84. The summed E-state index contributed by atoms with van der Waals surface area (Å²) in [5, 5.41) is 3.40. The Balaban J connectivity index is 3.22. The highest BCUT2D eigenvalue weighted by Crippen LogP contribution is 2.42. The molecule has 19 heavy (non-hydrogen) atoms. The van der Waals surface area contributed by atoms with Gasteiger partial charge in [0.05, 0.1) is 27.4 Å². The molecule has 0 radical (unpaired) electrons. The third-order valence-electron chi connectivity index (χ3n) is 2.92. The molecule has 1 unspecified atom stereocenters. The largest absolute Gasteiger partial charge is 0.493 e. The van der Waals surface area contributed by atoms with Crippen LogP contribution in [0.5, 0.6) is 17.2 Å². The standard InChI is InChI=1S/C15H23NO3/c1-6-10-16-12(7-2)11-8-9-13(17-3)15(19-5)14(11)18-4/h7-9,12,16H,2,6,10H2,1,3-5H3. The molecule has 0 saturated carbocycles. The molecule has 4 heteroatoms. The molecule has 1 atom stereocenters. The third kappa shape index (κ3) is 3.41. The summed E-state index contributed by atoms with van der Waals surface area (Å²) >= 11 is 0. The second kappa shape index (κ2) is 7.69. The minimum Gasteiger partial charge on any atom is -0.493 e. The SMILES string of the molecule is C=CC(NCCC)c1ccc(OC)c(OC)c1OC. The van der Waals surface area contributed by atoms with Crippen LogP contribution in [0.25, 0.3) is 0 Å². The highest BCUT2D eigenvalue weighted by molar-refractivity contribution is 5.57. The zero-order chi connectivity index (χ0) is 14.3. The van der Waals surface area contributed by atoms with Crippen molar-refractivity contribution in [3.05, 3.63) is 30.4 Å². The lowest BCUT2D eigenvalue weighted by Crippen LogP contribution is -2.21. The maximum Gasteiger partial charge on any atom is 0.203 e. The summed E-state index contributed by atoms with van der Waals surface area (Å²) in [6.45, 7) is 6.91. The van der Waals surface area contributed by atoms with Crippen molar-refractivity contribution >= 4 is 0 Å². The molecule has 0 aliphatic heterocycles. The van der Waals surface area contributed by atoms with Crippen molar-refractivity contribution < 1.29 is 14.2 Å². The normalized spacial score (nSPS) is 11.8. The average Bonchev–Trinajstić information content (AvgIpc) is 2.46. The first-order valence-corrected chi connectivity index (χ1v) is 6.38. The third-order valence-corrected chi connectivity index (χ3v) is 2.92. The Labute approximate surface area is 115 Å². The Kier molecular flexibility index (Phi) is 6.22. The molecule has 0 fully saturated rings. The van der Waals surface area contributed by atoms with Gasteiger partial charge in [-0.3, -0.25) is 0 Å². The van der Waals surface area contributed by atoms with Gasteiger partial charge < -0.3 is 19.5 Å². The van der Waals surface area contributed by atoms with E-state index < -0.39 is 0 Å². The van der Waals surface area contributed by atoms with Gasteiger partial charge in [0.2, 0.25) is 5.75 Å². The lowest BCUT2D eigenvalue weighted by Gasteiger charge is -2.21. The smallest absolute Gasteiger partial charge is 0.203 e. The molecular formula is C15H23NO3. The van der Waals surface area contributed by atoms with Gasteiger partial charge >= 0.3 is 0 Å². The molecule has 0 heterocycles. The lowest BCUT2D eigenvalue weighted by atomic mass is 10.0. The Morgan fingerprint density at radius 3 is 2.32 bits per heavy atom.